The largest absolute Gasteiger partial charge is 0.408 e. The molecule has 1 aromatic rings. The van der Waals surface area contributed by atoms with Gasteiger partial charge >= 0.3 is 20.4 Å². The van der Waals surface area contributed by atoms with Crippen molar-refractivity contribution in [3.63, 3.8) is 0 Å². The third-order valence-corrected chi connectivity index (χ3v) is 4.06. The van der Waals surface area contributed by atoms with E-state index >= 15 is 0 Å². The highest BCUT2D eigenvalue weighted by Gasteiger charge is 1.96. The minimum atomic E-state index is 0. The standard InChI is InChI=1S/C6H5.C5H11.ClH.Mg/c1-2-4-6-5-3-1;1-3-5-4-2;;/h1-5H;1,3-5H2,2H3;1H;. The topological polar surface area (TPSA) is 0 Å². The first-order valence-corrected chi connectivity index (χ1v) is 6.68. The van der Waals surface area contributed by atoms with Crippen molar-refractivity contribution in [1.29, 1.82) is 0 Å². The van der Waals surface area contributed by atoms with Crippen LogP contribution in [0.5, 0.6) is 0 Å². The van der Waals surface area contributed by atoms with E-state index in [0.29, 0.717) is 0 Å². The van der Waals surface area contributed by atoms with Crippen molar-refractivity contribution in [1.82, 2.24) is 0 Å². The normalized spacial score (nSPS) is 8.69. The molecule has 1 aromatic carbocycles. The van der Waals surface area contributed by atoms with Gasteiger partial charge in [-0.1, -0.05) is 56.5 Å². The fraction of sp³-hybridized carbons (Fsp3) is 0.455. The zero-order chi connectivity index (χ0) is 8.65. The number of benzene rings is 1. The summed E-state index contributed by atoms with van der Waals surface area (Å²) in [4.78, 5) is 0. The number of hydrogen-bond acceptors (Lipinski definition) is 0. The van der Waals surface area contributed by atoms with Gasteiger partial charge in [-0.2, -0.15) is 3.69 Å². The Kier molecular flexibility index (Phi) is 9.04. The maximum atomic E-state index is 2.28. The highest BCUT2D eigenvalue weighted by molar-refractivity contribution is 6.53. The van der Waals surface area contributed by atoms with Gasteiger partial charge in [-0.3, -0.25) is 0 Å². The fourth-order valence-corrected chi connectivity index (χ4v) is 3.02. The van der Waals surface area contributed by atoms with Crippen molar-refractivity contribution < 1.29 is 0 Å². The summed E-state index contributed by atoms with van der Waals surface area (Å²) in [6.07, 6.45) is 4.21. The molecule has 2 heteroatoms. The lowest BCUT2D eigenvalue weighted by molar-refractivity contribution is 0.769. The molecule has 0 spiro atoms. The Morgan fingerprint density at radius 1 is 1.08 bits per heavy atom. The molecule has 0 fully saturated rings. The van der Waals surface area contributed by atoms with Crippen molar-refractivity contribution in [2.45, 2.75) is 30.7 Å². The van der Waals surface area contributed by atoms with Crippen LogP contribution in [0.1, 0.15) is 26.2 Å². The lowest BCUT2D eigenvalue weighted by Gasteiger charge is -1.97. The lowest BCUT2D eigenvalue weighted by atomic mass is 10.3. The van der Waals surface area contributed by atoms with E-state index in [1.54, 1.807) is 3.69 Å². The molecule has 0 saturated heterocycles. The van der Waals surface area contributed by atoms with Gasteiger partial charge in [-0.25, -0.2) is 0 Å². The van der Waals surface area contributed by atoms with Crippen LogP contribution < -0.4 is 3.69 Å². The predicted molar refractivity (Wildman–Crippen MR) is 63.4 cm³/mol. The van der Waals surface area contributed by atoms with E-state index in [4.69, 9.17) is 0 Å². The van der Waals surface area contributed by atoms with Gasteiger partial charge in [0.25, 0.3) is 0 Å². The van der Waals surface area contributed by atoms with E-state index in [0.717, 1.165) is 0 Å². The van der Waals surface area contributed by atoms with Crippen LogP contribution in [-0.4, -0.2) is 20.4 Å². The third kappa shape index (κ3) is 6.36. The number of hydrogen-bond donors (Lipinski definition) is 0. The fourth-order valence-electron chi connectivity index (χ4n) is 1.40. The molecule has 0 aromatic heterocycles. The Hall–Kier alpha value is 0.276. The minimum absolute atomic E-state index is 0. The Morgan fingerprint density at radius 3 is 2.38 bits per heavy atom. The smallest absolute Gasteiger partial charge is 0.174 e. The molecule has 13 heavy (non-hydrogen) atoms. The molecular formula is C11H17ClMg. The van der Waals surface area contributed by atoms with Gasteiger partial charge < -0.3 is 0 Å². The lowest BCUT2D eigenvalue weighted by Crippen LogP contribution is -2.12. The molecule has 0 aliphatic carbocycles. The van der Waals surface area contributed by atoms with Crippen LogP contribution >= 0.6 is 12.4 Å². The van der Waals surface area contributed by atoms with E-state index in [1.807, 2.05) is 0 Å². The van der Waals surface area contributed by atoms with Gasteiger partial charge in [0.05, 0.1) is 0 Å². The van der Waals surface area contributed by atoms with Crippen LogP contribution in [0.4, 0.5) is 0 Å². The zero-order valence-corrected chi connectivity index (χ0v) is 10.6. The van der Waals surface area contributed by atoms with E-state index in [-0.39, 0.29) is 32.8 Å². The Balaban J connectivity index is 0.00000144. The second-order valence-electron chi connectivity index (χ2n) is 3.30. The molecule has 0 nitrogen and oxygen atoms in total. The average Bonchev–Trinajstić information content (AvgIpc) is 2.14. The molecule has 0 N–H and O–H groups in total. The molecule has 0 unspecified atom stereocenters. The Labute approximate surface area is 97.2 Å². The molecule has 0 saturated carbocycles. The molecular weight excluding hydrogens is 192 g/mol. The van der Waals surface area contributed by atoms with Gasteiger partial charge in [0.2, 0.25) is 0 Å². The second-order valence-corrected chi connectivity index (χ2v) is 5.32. The Bertz CT molecular complexity index is 199. The molecule has 0 atom stereocenters. The molecule has 1 rings (SSSR count). The molecule has 0 aliphatic heterocycles. The first kappa shape index (κ1) is 13.3. The minimum Gasteiger partial charge on any atom is -0.174 e. The number of rotatable bonds is 5. The van der Waals surface area contributed by atoms with E-state index in [2.05, 4.69) is 37.3 Å². The summed E-state index contributed by atoms with van der Waals surface area (Å²) in [5, 5.41) is 0. The third-order valence-electron chi connectivity index (χ3n) is 2.16. The summed E-state index contributed by atoms with van der Waals surface area (Å²) in [6, 6.07) is 11.0. The van der Waals surface area contributed by atoms with E-state index < -0.39 is 0 Å². The van der Waals surface area contributed by atoms with Crippen molar-refractivity contribution in [3.8, 4) is 0 Å². The van der Waals surface area contributed by atoms with Crippen LogP contribution in [0.2, 0.25) is 4.55 Å². The van der Waals surface area contributed by atoms with Crippen molar-refractivity contribution >= 4 is 36.5 Å². The summed E-state index contributed by atoms with van der Waals surface area (Å²) in [5.41, 5.74) is 0. The average molecular weight is 209 g/mol. The molecule has 70 valence electrons. The molecule has 0 amide bonds. The summed E-state index contributed by atoms with van der Waals surface area (Å²) < 4.78 is 3.10. The first-order valence-electron chi connectivity index (χ1n) is 4.97. The van der Waals surface area contributed by atoms with Crippen LogP contribution in [0.25, 0.3) is 0 Å². The molecule has 0 heterocycles. The molecule has 0 aliphatic rings. The number of unbranched alkanes of at least 4 members (excludes halogenated alkanes) is 2. The van der Waals surface area contributed by atoms with Crippen molar-refractivity contribution in [2.75, 3.05) is 0 Å². The summed E-state index contributed by atoms with van der Waals surface area (Å²) in [7, 11) is 0. The van der Waals surface area contributed by atoms with Gasteiger partial charge in [0.1, 0.15) is 0 Å². The van der Waals surface area contributed by atoms with Crippen LogP contribution in [-0.2, 0) is 0 Å². The SMILES string of the molecule is CCCC[CH2][Mg][c]1ccccc1.Cl. The second kappa shape index (κ2) is 8.86. The summed E-state index contributed by atoms with van der Waals surface area (Å²) in [6.45, 7) is 2.27. The van der Waals surface area contributed by atoms with Crippen molar-refractivity contribution in [2.24, 2.45) is 0 Å². The van der Waals surface area contributed by atoms with Crippen LogP contribution in [0, 0.1) is 0 Å². The number of halogens is 1. The highest BCUT2D eigenvalue weighted by atomic mass is 35.5. The van der Waals surface area contributed by atoms with Crippen molar-refractivity contribution in [3.05, 3.63) is 30.3 Å². The maximum absolute atomic E-state index is 2.28. The van der Waals surface area contributed by atoms with E-state index in [1.165, 1.54) is 23.8 Å². The molecule has 0 radical (unpaired) electrons. The van der Waals surface area contributed by atoms with Gasteiger partial charge in [0, 0.05) is 0 Å². The predicted octanol–water partition coefficient (Wildman–Crippen LogP) is 3.05. The van der Waals surface area contributed by atoms with Gasteiger partial charge in [0.15, 0.2) is 0 Å². The Morgan fingerprint density at radius 2 is 1.77 bits per heavy atom. The zero-order valence-electron chi connectivity index (χ0n) is 8.33. The van der Waals surface area contributed by atoms with Crippen LogP contribution in [0.3, 0.4) is 0 Å². The first-order chi connectivity index (χ1) is 5.93. The monoisotopic (exact) mass is 208 g/mol. The van der Waals surface area contributed by atoms with Gasteiger partial charge in [-0.15, -0.1) is 17.0 Å². The quantitative estimate of drug-likeness (QED) is 0.516. The summed E-state index contributed by atoms with van der Waals surface area (Å²) >= 11 is 0.0683. The summed E-state index contributed by atoms with van der Waals surface area (Å²) in [5.74, 6) is 0. The van der Waals surface area contributed by atoms with E-state index in [9.17, 15) is 0 Å². The van der Waals surface area contributed by atoms with Crippen LogP contribution in [0.15, 0.2) is 30.3 Å². The highest BCUT2D eigenvalue weighted by Crippen LogP contribution is 1.98. The molecule has 0 bridgehead atoms. The van der Waals surface area contributed by atoms with Gasteiger partial charge in [-0.05, 0) is 0 Å². The maximum Gasteiger partial charge on any atom is 0.408 e.